The number of benzene rings is 1. The van der Waals surface area contributed by atoms with Crippen molar-refractivity contribution in [1.29, 1.82) is 0 Å². The number of carbonyl (C=O) groups excluding carboxylic acids is 1. The minimum absolute atomic E-state index is 0.0149. The zero-order valence-corrected chi connectivity index (χ0v) is 8.43. The molecular weight excluding hydrogens is 192 g/mol. The van der Waals surface area contributed by atoms with Crippen LogP contribution in [-0.4, -0.2) is 24.6 Å². The molecular formula is C12H14O3. The summed E-state index contributed by atoms with van der Waals surface area (Å²) in [5, 5.41) is 8.56. The second-order valence-electron chi connectivity index (χ2n) is 2.95. The first-order chi connectivity index (χ1) is 7.36. The van der Waals surface area contributed by atoms with E-state index in [1.54, 1.807) is 6.08 Å². The van der Waals surface area contributed by atoms with Crippen molar-refractivity contribution in [1.82, 2.24) is 0 Å². The number of aliphatic hydroxyl groups excluding tert-OH is 1. The largest absolute Gasteiger partial charge is 0.491 e. The average Bonchev–Trinajstić information content (AvgIpc) is 2.28. The lowest BCUT2D eigenvalue weighted by atomic mass is 10.2. The van der Waals surface area contributed by atoms with Crippen molar-refractivity contribution in [3.8, 4) is 5.75 Å². The monoisotopic (exact) mass is 206 g/mol. The lowest BCUT2D eigenvalue weighted by molar-refractivity contribution is -0.107. The minimum atomic E-state index is 0.0149. The van der Waals surface area contributed by atoms with Crippen LogP contribution in [0, 0.1) is 0 Å². The van der Waals surface area contributed by atoms with Gasteiger partial charge in [0.2, 0.25) is 0 Å². The van der Waals surface area contributed by atoms with Crippen LogP contribution in [0.15, 0.2) is 30.3 Å². The molecule has 1 aromatic rings. The summed E-state index contributed by atoms with van der Waals surface area (Å²) >= 11 is 0. The molecule has 1 aromatic carbocycles. The normalized spacial score (nSPS) is 10.5. The highest BCUT2D eigenvalue weighted by molar-refractivity contribution is 5.58. The minimum Gasteiger partial charge on any atom is -0.491 e. The van der Waals surface area contributed by atoms with E-state index in [0.29, 0.717) is 13.0 Å². The maximum Gasteiger partial charge on any atom is 0.123 e. The SMILES string of the molecule is O=CCC=Cc1ccc(OCCO)cc1. The number of carbonyl (C=O) groups is 1. The Morgan fingerprint density at radius 2 is 2.00 bits per heavy atom. The third-order valence-electron chi connectivity index (χ3n) is 1.78. The first-order valence-electron chi connectivity index (χ1n) is 4.80. The highest BCUT2D eigenvalue weighted by atomic mass is 16.5. The van der Waals surface area contributed by atoms with Crippen LogP contribution in [-0.2, 0) is 4.79 Å². The van der Waals surface area contributed by atoms with E-state index in [2.05, 4.69) is 0 Å². The van der Waals surface area contributed by atoms with E-state index >= 15 is 0 Å². The summed E-state index contributed by atoms with van der Waals surface area (Å²) in [5.41, 5.74) is 1.02. The molecule has 0 aromatic heterocycles. The van der Waals surface area contributed by atoms with Gasteiger partial charge in [-0.3, -0.25) is 0 Å². The van der Waals surface area contributed by atoms with Gasteiger partial charge in [-0.05, 0) is 17.7 Å². The van der Waals surface area contributed by atoms with Crippen LogP contribution in [0.25, 0.3) is 6.08 Å². The van der Waals surface area contributed by atoms with Crippen LogP contribution in [0.5, 0.6) is 5.75 Å². The molecule has 0 atom stereocenters. The van der Waals surface area contributed by atoms with Crippen molar-refractivity contribution in [2.75, 3.05) is 13.2 Å². The Kier molecular flexibility index (Phi) is 5.19. The Morgan fingerprint density at radius 3 is 2.60 bits per heavy atom. The van der Waals surface area contributed by atoms with Crippen LogP contribution in [0.2, 0.25) is 0 Å². The predicted octanol–water partition coefficient (Wildman–Crippen LogP) is 1.66. The number of allylic oxidation sites excluding steroid dienone is 1. The van der Waals surface area contributed by atoms with E-state index in [9.17, 15) is 4.79 Å². The number of hydrogen-bond donors (Lipinski definition) is 1. The first-order valence-corrected chi connectivity index (χ1v) is 4.80. The summed E-state index contributed by atoms with van der Waals surface area (Å²) < 4.78 is 5.21. The third kappa shape index (κ3) is 4.42. The Hall–Kier alpha value is -1.61. The molecule has 0 aliphatic heterocycles. The van der Waals surface area contributed by atoms with Gasteiger partial charge in [0, 0.05) is 6.42 Å². The fourth-order valence-corrected chi connectivity index (χ4v) is 1.10. The zero-order valence-electron chi connectivity index (χ0n) is 8.43. The third-order valence-corrected chi connectivity index (χ3v) is 1.78. The van der Waals surface area contributed by atoms with Gasteiger partial charge in [-0.25, -0.2) is 0 Å². The molecule has 0 unspecified atom stereocenters. The van der Waals surface area contributed by atoms with E-state index < -0.39 is 0 Å². The summed E-state index contributed by atoms with van der Waals surface area (Å²) in [7, 11) is 0. The van der Waals surface area contributed by atoms with Gasteiger partial charge in [0.25, 0.3) is 0 Å². The van der Waals surface area contributed by atoms with Crippen molar-refractivity contribution >= 4 is 12.4 Å². The maximum absolute atomic E-state index is 10.1. The van der Waals surface area contributed by atoms with Gasteiger partial charge < -0.3 is 14.6 Å². The van der Waals surface area contributed by atoms with Gasteiger partial charge in [-0.2, -0.15) is 0 Å². The molecule has 3 nitrogen and oxygen atoms in total. The van der Waals surface area contributed by atoms with E-state index in [1.165, 1.54) is 0 Å². The Labute approximate surface area is 89.0 Å². The van der Waals surface area contributed by atoms with Crippen molar-refractivity contribution in [2.45, 2.75) is 6.42 Å². The zero-order chi connectivity index (χ0) is 10.9. The quantitative estimate of drug-likeness (QED) is 0.720. The highest BCUT2D eigenvalue weighted by Gasteiger charge is 1.92. The molecule has 0 bridgehead atoms. The van der Waals surface area contributed by atoms with Gasteiger partial charge >= 0.3 is 0 Å². The van der Waals surface area contributed by atoms with E-state index in [-0.39, 0.29) is 6.61 Å². The van der Waals surface area contributed by atoms with Gasteiger partial charge in [0.15, 0.2) is 0 Å². The number of rotatable bonds is 6. The van der Waals surface area contributed by atoms with Crippen molar-refractivity contribution in [3.63, 3.8) is 0 Å². The second-order valence-corrected chi connectivity index (χ2v) is 2.95. The van der Waals surface area contributed by atoms with Gasteiger partial charge in [-0.15, -0.1) is 0 Å². The Balaban J connectivity index is 2.52. The van der Waals surface area contributed by atoms with Crippen molar-refractivity contribution in [2.24, 2.45) is 0 Å². The summed E-state index contributed by atoms with van der Waals surface area (Å²) in [6, 6.07) is 7.45. The molecule has 15 heavy (non-hydrogen) atoms. The fourth-order valence-electron chi connectivity index (χ4n) is 1.10. The van der Waals surface area contributed by atoms with Crippen LogP contribution in [0.4, 0.5) is 0 Å². The summed E-state index contributed by atoms with van der Waals surface area (Å²) in [6.07, 6.45) is 4.97. The topological polar surface area (TPSA) is 46.5 Å². The fraction of sp³-hybridized carbons (Fsp3) is 0.250. The maximum atomic E-state index is 10.1. The molecule has 80 valence electrons. The molecule has 1 rings (SSSR count). The number of aliphatic hydroxyl groups is 1. The van der Waals surface area contributed by atoms with Gasteiger partial charge in [0.05, 0.1) is 6.61 Å². The smallest absolute Gasteiger partial charge is 0.123 e. The molecule has 0 aliphatic carbocycles. The standard InChI is InChI=1S/C12H14O3/c13-8-2-1-3-11-4-6-12(7-5-11)15-10-9-14/h1,3-8,14H,2,9-10H2. The van der Waals surface area contributed by atoms with Gasteiger partial charge in [0.1, 0.15) is 18.6 Å². The molecule has 0 saturated heterocycles. The second kappa shape index (κ2) is 6.79. The van der Waals surface area contributed by atoms with E-state index in [1.807, 2.05) is 30.3 Å². The highest BCUT2D eigenvalue weighted by Crippen LogP contribution is 2.12. The first kappa shape index (κ1) is 11.5. The summed E-state index contributed by atoms with van der Waals surface area (Å²) in [4.78, 5) is 10.1. The molecule has 1 N–H and O–H groups in total. The average molecular weight is 206 g/mol. The predicted molar refractivity (Wildman–Crippen MR) is 58.7 cm³/mol. The lowest BCUT2D eigenvalue weighted by Gasteiger charge is -2.03. The van der Waals surface area contributed by atoms with Crippen LogP contribution < -0.4 is 4.74 Å². The number of hydrogen-bond acceptors (Lipinski definition) is 3. The molecule has 0 aliphatic rings. The van der Waals surface area contributed by atoms with Gasteiger partial charge in [-0.1, -0.05) is 24.3 Å². The molecule has 0 saturated carbocycles. The van der Waals surface area contributed by atoms with Crippen molar-refractivity contribution < 1.29 is 14.6 Å². The Morgan fingerprint density at radius 1 is 1.27 bits per heavy atom. The lowest BCUT2D eigenvalue weighted by Crippen LogP contribution is -2.01. The van der Waals surface area contributed by atoms with E-state index in [0.717, 1.165) is 17.6 Å². The summed E-state index contributed by atoms with van der Waals surface area (Å²) in [6.45, 7) is 0.321. The van der Waals surface area contributed by atoms with E-state index in [4.69, 9.17) is 9.84 Å². The number of aldehydes is 1. The van der Waals surface area contributed by atoms with Crippen molar-refractivity contribution in [3.05, 3.63) is 35.9 Å². The summed E-state index contributed by atoms with van der Waals surface area (Å²) in [5.74, 6) is 0.733. The van der Waals surface area contributed by atoms with Crippen LogP contribution in [0.1, 0.15) is 12.0 Å². The molecule has 0 spiro atoms. The Bertz CT molecular complexity index is 314. The molecule has 0 fully saturated rings. The van der Waals surface area contributed by atoms with Crippen LogP contribution in [0.3, 0.4) is 0 Å². The molecule has 0 amide bonds. The van der Waals surface area contributed by atoms with Crippen LogP contribution >= 0.6 is 0 Å². The molecule has 0 radical (unpaired) electrons. The molecule has 0 heterocycles. The number of ether oxygens (including phenoxy) is 1. The molecule has 3 heteroatoms.